The SMILES string of the molecule is CC(C)CCCCC(=O)N1CCC2(CCNCC2)C1. The van der Waals surface area contributed by atoms with E-state index in [-0.39, 0.29) is 0 Å². The Bertz CT molecular complexity index is 295. The predicted octanol–water partition coefficient (Wildman–Crippen LogP) is 2.80. The van der Waals surface area contributed by atoms with Gasteiger partial charge >= 0.3 is 0 Å². The fraction of sp³-hybridized carbons (Fsp3) is 0.938. The molecule has 2 aliphatic rings. The second kappa shape index (κ2) is 6.74. The lowest BCUT2D eigenvalue weighted by Crippen LogP contribution is -2.39. The summed E-state index contributed by atoms with van der Waals surface area (Å²) in [6, 6.07) is 0. The third-order valence-corrected chi connectivity index (χ3v) is 4.88. The normalized spacial score (nSPS) is 22.4. The molecule has 0 saturated carbocycles. The van der Waals surface area contributed by atoms with Crippen molar-refractivity contribution in [3.05, 3.63) is 0 Å². The Morgan fingerprint density at radius 3 is 2.63 bits per heavy atom. The molecule has 3 nitrogen and oxygen atoms in total. The van der Waals surface area contributed by atoms with Crippen molar-refractivity contribution in [2.24, 2.45) is 11.3 Å². The Labute approximate surface area is 118 Å². The van der Waals surface area contributed by atoms with Crippen LogP contribution >= 0.6 is 0 Å². The summed E-state index contributed by atoms with van der Waals surface area (Å²) < 4.78 is 0. The van der Waals surface area contributed by atoms with E-state index in [4.69, 9.17) is 0 Å². The van der Waals surface area contributed by atoms with E-state index in [1.54, 1.807) is 0 Å². The van der Waals surface area contributed by atoms with Gasteiger partial charge < -0.3 is 10.2 Å². The molecule has 1 amide bonds. The Morgan fingerprint density at radius 2 is 1.95 bits per heavy atom. The topological polar surface area (TPSA) is 32.3 Å². The summed E-state index contributed by atoms with van der Waals surface area (Å²) in [6.45, 7) is 8.81. The molecule has 0 bridgehead atoms. The van der Waals surface area contributed by atoms with E-state index in [0.717, 1.165) is 44.9 Å². The third-order valence-electron chi connectivity index (χ3n) is 4.88. The zero-order valence-corrected chi connectivity index (χ0v) is 12.7. The van der Waals surface area contributed by atoms with Crippen LogP contribution < -0.4 is 5.32 Å². The van der Waals surface area contributed by atoms with Crippen LogP contribution in [0.5, 0.6) is 0 Å². The van der Waals surface area contributed by atoms with E-state index in [9.17, 15) is 4.79 Å². The van der Waals surface area contributed by atoms with E-state index >= 15 is 0 Å². The molecule has 2 aliphatic heterocycles. The van der Waals surface area contributed by atoms with Crippen molar-refractivity contribution < 1.29 is 4.79 Å². The maximum absolute atomic E-state index is 12.2. The Morgan fingerprint density at radius 1 is 1.21 bits per heavy atom. The highest BCUT2D eigenvalue weighted by atomic mass is 16.2. The molecule has 19 heavy (non-hydrogen) atoms. The van der Waals surface area contributed by atoms with Gasteiger partial charge in [-0.25, -0.2) is 0 Å². The monoisotopic (exact) mass is 266 g/mol. The fourth-order valence-corrected chi connectivity index (χ4v) is 3.50. The van der Waals surface area contributed by atoms with Gasteiger partial charge in [0.1, 0.15) is 0 Å². The summed E-state index contributed by atoms with van der Waals surface area (Å²) in [4.78, 5) is 14.4. The van der Waals surface area contributed by atoms with Gasteiger partial charge in [-0.15, -0.1) is 0 Å². The molecule has 0 aliphatic carbocycles. The van der Waals surface area contributed by atoms with Crippen LogP contribution in [-0.4, -0.2) is 37.0 Å². The molecule has 0 unspecified atom stereocenters. The first-order chi connectivity index (χ1) is 9.11. The second-order valence-corrected chi connectivity index (χ2v) is 6.95. The standard InChI is InChI=1S/C16H30N2O/c1-14(2)5-3-4-6-15(19)18-12-9-16(13-18)7-10-17-11-8-16/h14,17H,3-13H2,1-2H3. The lowest BCUT2D eigenvalue weighted by atomic mass is 9.78. The van der Waals surface area contributed by atoms with Gasteiger partial charge in [-0.05, 0) is 50.1 Å². The number of carbonyl (C=O) groups is 1. The van der Waals surface area contributed by atoms with E-state index in [1.807, 2.05) is 0 Å². The van der Waals surface area contributed by atoms with Crippen LogP contribution in [0.15, 0.2) is 0 Å². The highest BCUT2D eigenvalue weighted by Gasteiger charge is 2.40. The Balaban J connectivity index is 1.69. The first-order valence-corrected chi connectivity index (χ1v) is 8.10. The lowest BCUT2D eigenvalue weighted by Gasteiger charge is -2.33. The van der Waals surface area contributed by atoms with Gasteiger partial charge in [-0.3, -0.25) is 4.79 Å². The van der Waals surface area contributed by atoms with Gasteiger partial charge in [0.05, 0.1) is 0 Å². The number of hydrogen-bond donors (Lipinski definition) is 1. The summed E-state index contributed by atoms with van der Waals surface area (Å²) in [7, 11) is 0. The number of rotatable bonds is 5. The van der Waals surface area contributed by atoms with E-state index in [2.05, 4.69) is 24.1 Å². The molecule has 0 atom stereocenters. The van der Waals surface area contributed by atoms with E-state index < -0.39 is 0 Å². The van der Waals surface area contributed by atoms with Crippen LogP contribution in [0, 0.1) is 11.3 Å². The maximum atomic E-state index is 12.2. The second-order valence-electron chi connectivity index (χ2n) is 6.95. The van der Waals surface area contributed by atoms with Crippen molar-refractivity contribution in [2.45, 2.75) is 58.8 Å². The molecular formula is C16H30N2O. The molecule has 3 heteroatoms. The molecule has 1 N–H and O–H groups in total. The van der Waals surface area contributed by atoms with Crippen LogP contribution in [0.4, 0.5) is 0 Å². The first-order valence-electron chi connectivity index (χ1n) is 8.10. The van der Waals surface area contributed by atoms with Crippen LogP contribution in [0.2, 0.25) is 0 Å². The molecule has 2 fully saturated rings. The molecule has 2 heterocycles. The predicted molar refractivity (Wildman–Crippen MR) is 79.0 cm³/mol. The van der Waals surface area contributed by atoms with Gasteiger partial charge in [0.15, 0.2) is 0 Å². The molecule has 0 aromatic rings. The third kappa shape index (κ3) is 4.20. The maximum Gasteiger partial charge on any atom is 0.222 e. The fourth-order valence-electron chi connectivity index (χ4n) is 3.50. The number of nitrogens with zero attached hydrogens (tertiary/aromatic N) is 1. The molecule has 110 valence electrons. The smallest absolute Gasteiger partial charge is 0.222 e. The largest absolute Gasteiger partial charge is 0.342 e. The Kier molecular flexibility index (Phi) is 5.26. The van der Waals surface area contributed by atoms with Crippen LogP contribution in [0.1, 0.15) is 58.8 Å². The van der Waals surface area contributed by atoms with Gasteiger partial charge in [-0.2, -0.15) is 0 Å². The highest BCUT2D eigenvalue weighted by Crippen LogP contribution is 2.38. The van der Waals surface area contributed by atoms with E-state index in [0.29, 0.717) is 11.3 Å². The molecule has 0 radical (unpaired) electrons. The van der Waals surface area contributed by atoms with Crippen LogP contribution in [0.25, 0.3) is 0 Å². The molecular weight excluding hydrogens is 236 g/mol. The number of nitrogens with one attached hydrogen (secondary N) is 1. The minimum absolute atomic E-state index is 0.402. The quantitative estimate of drug-likeness (QED) is 0.776. The highest BCUT2D eigenvalue weighted by molar-refractivity contribution is 5.76. The van der Waals surface area contributed by atoms with Gasteiger partial charge in [0, 0.05) is 19.5 Å². The average Bonchev–Trinajstić information content (AvgIpc) is 2.79. The molecule has 1 spiro atoms. The summed E-state index contributed by atoms with van der Waals surface area (Å²) in [5.74, 6) is 1.17. The molecule has 2 saturated heterocycles. The summed E-state index contributed by atoms with van der Waals surface area (Å²) in [5.41, 5.74) is 0.457. The summed E-state index contributed by atoms with van der Waals surface area (Å²) in [5, 5.41) is 3.43. The minimum atomic E-state index is 0.402. The molecule has 0 aromatic heterocycles. The summed E-state index contributed by atoms with van der Waals surface area (Å²) in [6.07, 6.45) is 8.03. The number of unbranched alkanes of at least 4 members (excludes halogenated alkanes) is 1. The van der Waals surface area contributed by atoms with Crippen molar-refractivity contribution >= 4 is 5.91 Å². The first kappa shape index (κ1) is 14.8. The number of carbonyl (C=O) groups excluding carboxylic acids is 1. The Hall–Kier alpha value is -0.570. The van der Waals surface area contributed by atoms with Crippen molar-refractivity contribution in [2.75, 3.05) is 26.2 Å². The number of amides is 1. The number of likely N-dealkylation sites (tertiary alicyclic amines) is 1. The van der Waals surface area contributed by atoms with E-state index in [1.165, 1.54) is 32.1 Å². The minimum Gasteiger partial charge on any atom is -0.342 e. The van der Waals surface area contributed by atoms with Gasteiger partial charge in [0.2, 0.25) is 5.91 Å². The summed E-state index contributed by atoms with van der Waals surface area (Å²) >= 11 is 0. The van der Waals surface area contributed by atoms with Crippen LogP contribution in [0.3, 0.4) is 0 Å². The van der Waals surface area contributed by atoms with Crippen molar-refractivity contribution in [3.8, 4) is 0 Å². The zero-order chi connectivity index (χ0) is 13.7. The zero-order valence-electron chi connectivity index (χ0n) is 12.7. The molecule has 2 rings (SSSR count). The van der Waals surface area contributed by atoms with Gasteiger partial charge in [-0.1, -0.05) is 26.7 Å². The lowest BCUT2D eigenvalue weighted by molar-refractivity contribution is -0.130. The van der Waals surface area contributed by atoms with Crippen molar-refractivity contribution in [1.29, 1.82) is 0 Å². The number of piperidine rings is 1. The van der Waals surface area contributed by atoms with Crippen molar-refractivity contribution in [3.63, 3.8) is 0 Å². The van der Waals surface area contributed by atoms with Crippen LogP contribution in [-0.2, 0) is 4.79 Å². The molecule has 0 aromatic carbocycles. The average molecular weight is 266 g/mol. The van der Waals surface area contributed by atoms with Gasteiger partial charge in [0.25, 0.3) is 0 Å². The number of hydrogen-bond acceptors (Lipinski definition) is 2. The van der Waals surface area contributed by atoms with Crippen molar-refractivity contribution in [1.82, 2.24) is 10.2 Å².